The molecular weight excluding hydrogens is 458 g/mol. The minimum atomic E-state index is -0.887. The highest BCUT2D eigenvalue weighted by atomic mass is 35.5. The van der Waals surface area contributed by atoms with Crippen LogP contribution in [0.3, 0.4) is 0 Å². The molecule has 5 heteroatoms. The van der Waals surface area contributed by atoms with Gasteiger partial charge in [0.15, 0.2) is 0 Å². The number of fused-ring (bicyclic) bond motifs is 2. The van der Waals surface area contributed by atoms with Gasteiger partial charge in [0, 0.05) is 24.1 Å². The molecule has 2 N–H and O–H groups in total. The van der Waals surface area contributed by atoms with Gasteiger partial charge in [0.1, 0.15) is 11.9 Å². The molecule has 0 spiro atoms. The first kappa shape index (κ1) is 24.8. The molecule has 4 aromatic rings. The third-order valence-corrected chi connectivity index (χ3v) is 6.92. The Balaban J connectivity index is 0.00000289. The van der Waals surface area contributed by atoms with Gasteiger partial charge in [-0.25, -0.2) is 4.79 Å². The van der Waals surface area contributed by atoms with Crippen LogP contribution in [0.1, 0.15) is 57.9 Å². The van der Waals surface area contributed by atoms with Crippen LogP contribution in [-0.2, 0) is 0 Å². The van der Waals surface area contributed by atoms with Gasteiger partial charge >= 0.3 is 5.97 Å². The van der Waals surface area contributed by atoms with E-state index in [0.717, 1.165) is 28.9 Å². The third kappa shape index (κ3) is 5.04. The fourth-order valence-corrected chi connectivity index (χ4v) is 5.07. The van der Waals surface area contributed by atoms with Gasteiger partial charge in [0.05, 0.1) is 5.56 Å². The molecule has 0 amide bonds. The second kappa shape index (κ2) is 10.5. The molecule has 180 valence electrons. The number of rotatable bonds is 6. The molecule has 0 saturated carbocycles. The lowest BCUT2D eigenvalue weighted by Crippen LogP contribution is -2.37. The predicted octanol–water partition coefficient (Wildman–Crippen LogP) is 6.90. The fraction of sp³-hybridized carbons (Fsp3) is 0.233. The van der Waals surface area contributed by atoms with Crippen LogP contribution in [0.5, 0.6) is 5.75 Å². The standard InChI is InChI=1S/C30H29NO3.ClH/c1-19-14-15-22(16-27(19)30(32)33)28-17-23(34-29-13-6-5-11-26(28)29)18-31-20(2)24-12-7-9-21-8-3-4-10-25(21)24;/h3-16,20,23,28,31H,17-18H2,1-2H3,(H,32,33);1H/t20?,23-,28-;/m1./s1. The van der Waals surface area contributed by atoms with Crippen molar-refractivity contribution in [3.63, 3.8) is 0 Å². The van der Waals surface area contributed by atoms with Crippen molar-refractivity contribution in [2.75, 3.05) is 6.54 Å². The minimum Gasteiger partial charge on any atom is -0.489 e. The summed E-state index contributed by atoms with van der Waals surface area (Å²) in [7, 11) is 0. The normalized spacial score (nSPS) is 17.7. The molecule has 35 heavy (non-hydrogen) atoms. The van der Waals surface area contributed by atoms with Crippen LogP contribution >= 0.6 is 12.4 Å². The summed E-state index contributed by atoms with van der Waals surface area (Å²) >= 11 is 0. The lowest BCUT2D eigenvalue weighted by molar-refractivity contribution is 0.0696. The van der Waals surface area contributed by atoms with Gasteiger partial charge in [-0.15, -0.1) is 12.4 Å². The number of aromatic carboxylic acids is 1. The zero-order chi connectivity index (χ0) is 23.7. The van der Waals surface area contributed by atoms with Crippen molar-refractivity contribution in [3.8, 4) is 5.75 Å². The first-order valence-corrected chi connectivity index (χ1v) is 11.8. The van der Waals surface area contributed by atoms with Crippen LogP contribution in [0.15, 0.2) is 84.9 Å². The maximum atomic E-state index is 11.7. The highest BCUT2D eigenvalue weighted by molar-refractivity contribution is 5.89. The number of aryl methyl sites for hydroxylation is 1. The molecule has 5 rings (SSSR count). The van der Waals surface area contributed by atoms with Crippen molar-refractivity contribution in [3.05, 3.63) is 113 Å². The van der Waals surface area contributed by atoms with E-state index in [1.54, 1.807) is 0 Å². The second-order valence-corrected chi connectivity index (χ2v) is 9.14. The first-order chi connectivity index (χ1) is 16.5. The Kier molecular flexibility index (Phi) is 7.44. The van der Waals surface area contributed by atoms with Crippen molar-refractivity contribution < 1.29 is 14.6 Å². The smallest absolute Gasteiger partial charge is 0.335 e. The van der Waals surface area contributed by atoms with E-state index >= 15 is 0 Å². The van der Waals surface area contributed by atoms with E-state index in [-0.39, 0.29) is 30.5 Å². The van der Waals surface area contributed by atoms with E-state index in [9.17, 15) is 9.90 Å². The fourth-order valence-electron chi connectivity index (χ4n) is 5.07. The summed E-state index contributed by atoms with van der Waals surface area (Å²) < 4.78 is 6.38. The summed E-state index contributed by atoms with van der Waals surface area (Å²) in [4.78, 5) is 11.7. The predicted molar refractivity (Wildman–Crippen MR) is 143 cm³/mol. The summed E-state index contributed by atoms with van der Waals surface area (Å²) in [6.45, 7) is 4.73. The summed E-state index contributed by atoms with van der Waals surface area (Å²) in [6.07, 6.45) is 0.765. The van der Waals surface area contributed by atoms with E-state index in [2.05, 4.69) is 66.8 Å². The average molecular weight is 488 g/mol. The Morgan fingerprint density at radius 2 is 1.77 bits per heavy atom. The molecule has 4 nitrogen and oxygen atoms in total. The molecule has 1 heterocycles. The molecule has 1 aliphatic rings. The molecule has 4 aromatic carbocycles. The monoisotopic (exact) mass is 487 g/mol. The van der Waals surface area contributed by atoms with Gasteiger partial charge in [0.25, 0.3) is 0 Å². The Morgan fingerprint density at radius 1 is 1.03 bits per heavy atom. The average Bonchev–Trinajstić information content (AvgIpc) is 2.86. The van der Waals surface area contributed by atoms with E-state index in [1.165, 1.54) is 16.3 Å². The number of benzene rings is 4. The van der Waals surface area contributed by atoms with Crippen molar-refractivity contribution in [1.29, 1.82) is 0 Å². The molecule has 1 aliphatic heterocycles. The first-order valence-electron chi connectivity index (χ1n) is 11.8. The number of hydrogen-bond acceptors (Lipinski definition) is 3. The maximum absolute atomic E-state index is 11.7. The van der Waals surface area contributed by atoms with E-state index in [0.29, 0.717) is 12.1 Å². The van der Waals surface area contributed by atoms with Gasteiger partial charge < -0.3 is 15.2 Å². The highest BCUT2D eigenvalue weighted by Gasteiger charge is 2.30. The van der Waals surface area contributed by atoms with Crippen LogP contribution in [0.25, 0.3) is 10.8 Å². The number of carboxylic acid groups (broad SMARTS) is 1. The van der Waals surface area contributed by atoms with Crippen molar-refractivity contribution >= 4 is 29.1 Å². The number of nitrogens with one attached hydrogen (secondary N) is 1. The number of halogens is 1. The summed E-state index contributed by atoms with van der Waals surface area (Å²) in [5.74, 6) is 0.0750. The van der Waals surface area contributed by atoms with Gasteiger partial charge in [-0.1, -0.05) is 72.8 Å². The zero-order valence-electron chi connectivity index (χ0n) is 19.9. The zero-order valence-corrected chi connectivity index (χ0v) is 20.7. The van der Waals surface area contributed by atoms with Crippen LogP contribution in [-0.4, -0.2) is 23.7 Å². The summed E-state index contributed by atoms with van der Waals surface area (Å²) in [5, 5.41) is 15.8. The Labute approximate surface area is 212 Å². The van der Waals surface area contributed by atoms with E-state index in [1.807, 2.05) is 37.3 Å². The number of carboxylic acids is 1. The molecule has 3 atom stereocenters. The summed E-state index contributed by atoms with van der Waals surface area (Å²) in [6, 6.07) is 29.0. The van der Waals surface area contributed by atoms with Crippen molar-refractivity contribution in [2.45, 2.75) is 38.3 Å². The van der Waals surface area contributed by atoms with Crippen LogP contribution in [0, 0.1) is 6.92 Å². The molecule has 1 unspecified atom stereocenters. The van der Waals surface area contributed by atoms with Crippen molar-refractivity contribution in [1.82, 2.24) is 5.32 Å². The van der Waals surface area contributed by atoms with Crippen LogP contribution in [0.2, 0.25) is 0 Å². The molecule has 0 bridgehead atoms. The quantitative estimate of drug-likeness (QED) is 0.310. The van der Waals surface area contributed by atoms with Crippen LogP contribution < -0.4 is 10.1 Å². The van der Waals surface area contributed by atoms with Gasteiger partial charge in [0.2, 0.25) is 0 Å². The SMILES string of the molecule is Cc1ccc([C@H]2C[C@H](CNC(C)c3cccc4ccccc34)Oc3ccccc32)cc1C(=O)O.Cl. The Bertz CT molecular complexity index is 1350. The van der Waals surface area contributed by atoms with E-state index in [4.69, 9.17) is 4.74 Å². The lowest BCUT2D eigenvalue weighted by atomic mass is 9.83. The van der Waals surface area contributed by atoms with Gasteiger partial charge in [-0.2, -0.15) is 0 Å². The molecule has 0 radical (unpaired) electrons. The molecular formula is C30H30ClNO3. The van der Waals surface area contributed by atoms with Crippen molar-refractivity contribution in [2.24, 2.45) is 0 Å². The molecule has 0 aromatic heterocycles. The molecule has 0 fully saturated rings. The third-order valence-electron chi connectivity index (χ3n) is 6.92. The second-order valence-electron chi connectivity index (χ2n) is 9.14. The number of para-hydroxylation sites is 1. The topological polar surface area (TPSA) is 58.6 Å². The number of carbonyl (C=O) groups is 1. The number of ether oxygens (including phenoxy) is 1. The number of hydrogen-bond donors (Lipinski definition) is 2. The highest BCUT2D eigenvalue weighted by Crippen LogP contribution is 2.40. The van der Waals surface area contributed by atoms with Gasteiger partial charge in [-0.3, -0.25) is 0 Å². The van der Waals surface area contributed by atoms with Gasteiger partial charge in [-0.05, 0) is 59.9 Å². The Hall–Kier alpha value is -3.34. The lowest BCUT2D eigenvalue weighted by Gasteiger charge is -2.33. The molecule has 0 aliphatic carbocycles. The minimum absolute atomic E-state index is 0. The van der Waals surface area contributed by atoms with Crippen LogP contribution in [0.4, 0.5) is 0 Å². The Morgan fingerprint density at radius 3 is 2.60 bits per heavy atom. The largest absolute Gasteiger partial charge is 0.489 e. The van der Waals surface area contributed by atoms with E-state index < -0.39 is 5.97 Å². The molecule has 0 saturated heterocycles. The maximum Gasteiger partial charge on any atom is 0.335 e. The summed E-state index contributed by atoms with van der Waals surface area (Å²) in [5.41, 5.74) is 4.54.